The molecule has 4 heteroatoms. The number of carboxylic acid groups (broad SMARTS) is 1. The maximum absolute atomic E-state index is 10.2. The molecule has 0 saturated heterocycles. The van der Waals surface area contributed by atoms with Crippen LogP contribution < -0.4 is 5.73 Å². The van der Waals surface area contributed by atoms with Gasteiger partial charge in [0.05, 0.1) is 12.5 Å². The molecule has 0 aliphatic carbocycles. The van der Waals surface area contributed by atoms with Crippen LogP contribution in [0, 0.1) is 5.92 Å². The summed E-state index contributed by atoms with van der Waals surface area (Å²) in [7, 11) is 0. The van der Waals surface area contributed by atoms with E-state index < -0.39 is 18.1 Å². The minimum absolute atomic E-state index is 0.152. The van der Waals surface area contributed by atoms with Crippen LogP contribution in [-0.4, -0.2) is 28.3 Å². The quantitative estimate of drug-likeness (QED) is 0.557. The van der Waals surface area contributed by atoms with E-state index in [1.807, 2.05) is 13.8 Å². The third-order valence-corrected chi connectivity index (χ3v) is 2.13. The maximum Gasteiger partial charge on any atom is 0.306 e. The highest BCUT2D eigenvalue weighted by Gasteiger charge is 2.22. The number of aliphatic hydroxyl groups is 1. The van der Waals surface area contributed by atoms with Crippen LogP contribution in [0.4, 0.5) is 0 Å². The molecule has 0 aliphatic rings. The lowest BCUT2D eigenvalue weighted by Gasteiger charge is -2.22. The fourth-order valence-electron chi connectivity index (χ4n) is 0.966. The van der Waals surface area contributed by atoms with Gasteiger partial charge in [0.15, 0.2) is 0 Å². The third-order valence-electron chi connectivity index (χ3n) is 2.13. The van der Waals surface area contributed by atoms with Crippen LogP contribution in [0.5, 0.6) is 0 Å². The molecule has 0 spiro atoms. The van der Waals surface area contributed by atoms with Gasteiger partial charge in [0.1, 0.15) is 0 Å². The van der Waals surface area contributed by atoms with Gasteiger partial charge < -0.3 is 15.9 Å². The number of hydrogen-bond donors (Lipinski definition) is 3. The Hall–Kier alpha value is -0.610. The monoisotopic (exact) mass is 175 g/mol. The fraction of sp³-hybridized carbons (Fsp3) is 0.875. The lowest BCUT2D eigenvalue weighted by molar-refractivity contribution is -0.139. The second kappa shape index (κ2) is 5.11. The Morgan fingerprint density at radius 3 is 2.42 bits per heavy atom. The summed E-state index contributed by atoms with van der Waals surface area (Å²) in [5, 5.41) is 17.7. The van der Waals surface area contributed by atoms with E-state index in [1.165, 1.54) is 0 Å². The van der Waals surface area contributed by atoms with Gasteiger partial charge in [-0.25, -0.2) is 0 Å². The molecule has 0 amide bonds. The summed E-state index contributed by atoms with van der Waals surface area (Å²) in [5.74, 6) is -0.861. The first kappa shape index (κ1) is 11.4. The Labute approximate surface area is 72.4 Å². The molecule has 0 heterocycles. The topological polar surface area (TPSA) is 83.5 Å². The summed E-state index contributed by atoms with van der Waals surface area (Å²) in [4.78, 5) is 10.2. The fourth-order valence-corrected chi connectivity index (χ4v) is 0.966. The van der Waals surface area contributed by atoms with E-state index in [4.69, 9.17) is 10.8 Å². The van der Waals surface area contributed by atoms with Gasteiger partial charge in [-0.3, -0.25) is 4.79 Å². The smallest absolute Gasteiger partial charge is 0.306 e. The summed E-state index contributed by atoms with van der Waals surface area (Å²) in [6.07, 6.45) is -0.360. The van der Waals surface area contributed by atoms with Crippen LogP contribution in [0.3, 0.4) is 0 Å². The van der Waals surface area contributed by atoms with Crippen molar-refractivity contribution >= 4 is 5.97 Å². The average Bonchev–Trinajstić information content (AvgIpc) is 2.00. The lowest BCUT2D eigenvalue weighted by atomic mass is 9.94. The van der Waals surface area contributed by atoms with E-state index >= 15 is 0 Å². The zero-order valence-corrected chi connectivity index (χ0v) is 7.53. The number of nitrogens with two attached hydrogens (primary N) is 1. The van der Waals surface area contributed by atoms with Crippen LogP contribution in [0.2, 0.25) is 0 Å². The molecule has 0 radical (unpaired) electrons. The molecule has 0 bridgehead atoms. The summed E-state index contributed by atoms with van der Waals surface area (Å²) < 4.78 is 0. The molecule has 0 aliphatic heterocycles. The Morgan fingerprint density at radius 2 is 2.08 bits per heavy atom. The Morgan fingerprint density at radius 1 is 1.58 bits per heavy atom. The van der Waals surface area contributed by atoms with Crippen molar-refractivity contribution in [2.24, 2.45) is 11.7 Å². The largest absolute Gasteiger partial charge is 0.481 e. The van der Waals surface area contributed by atoms with Crippen molar-refractivity contribution in [3.05, 3.63) is 0 Å². The van der Waals surface area contributed by atoms with Crippen molar-refractivity contribution in [3.63, 3.8) is 0 Å². The second-order valence-corrected chi connectivity index (χ2v) is 3.13. The van der Waals surface area contributed by atoms with Crippen molar-refractivity contribution in [3.8, 4) is 0 Å². The van der Waals surface area contributed by atoms with E-state index in [2.05, 4.69) is 0 Å². The molecule has 4 N–H and O–H groups in total. The Kier molecular flexibility index (Phi) is 4.85. The predicted molar refractivity (Wildman–Crippen MR) is 45.7 cm³/mol. The van der Waals surface area contributed by atoms with Gasteiger partial charge >= 0.3 is 5.97 Å². The summed E-state index contributed by atoms with van der Waals surface area (Å²) in [6.45, 7) is 3.85. The van der Waals surface area contributed by atoms with Gasteiger partial charge in [-0.2, -0.15) is 0 Å². The van der Waals surface area contributed by atoms with Crippen molar-refractivity contribution in [1.82, 2.24) is 0 Å². The van der Waals surface area contributed by atoms with Gasteiger partial charge in [-0.1, -0.05) is 20.3 Å². The minimum Gasteiger partial charge on any atom is -0.481 e. The van der Waals surface area contributed by atoms with Gasteiger partial charge in [0.25, 0.3) is 0 Å². The van der Waals surface area contributed by atoms with E-state index in [-0.39, 0.29) is 12.3 Å². The zero-order chi connectivity index (χ0) is 9.72. The number of carboxylic acids is 1. The molecule has 0 saturated carbocycles. The molecule has 0 aromatic rings. The molecule has 3 atom stereocenters. The Bertz CT molecular complexity index is 149. The van der Waals surface area contributed by atoms with Crippen LogP contribution in [0.25, 0.3) is 0 Å². The number of aliphatic hydroxyl groups excluding tert-OH is 1. The van der Waals surface area contributed by atoms with Crippen molar-refractivity contribution in [1.29, 1.82) is 0 Å². The third kappa shape index (κ3) is 3.69. The van der Waals surface area contributed by atoms with Crippen LogP contribution >= 0.6 is 0 Å². The number of carbonyl (C=O) groups is 1. The Balaban J connectivity index is 3.91. The highest BCUT2D eigenvalue weighted by molar-refractivity contribution is 5.67. The molecule has 0 aromatic heterocycles. The minimum atomic E-state index is -1.01. The molecule has 4 nitrogen and oxygen atoms in total. The molecule has 0 aromatic carbocycles. The predicted octanol–water partition coefficient (Wildman–Crippen LogP) is 0.195. The van der Waals surface area contributed by atoms with Gasteiger partial charge in [-0.15, -0.1) is 0 Å². The first-order valence-electron chi connectivity index (χ1n) is 4.14. The van der Waals surface area contributed by atoms with Gasteiger partial charge in [-0.05, 0) is 5.92 Å². The summed E-state index contributed by atoms with van der Waals surface area (Å²) in [6, 6.07) is -0.439. The van der Waals surface area contributed by atoms with E-state index in [0.717, 1.165) is 6.42 Å². The van der Waals surface area contributed by atoms with Crippen LogP contribution in [0.1, 0.15) is 26.7 Å². The van der Waals surface area contributed by atoms with Crippen LogP contribution in [-0.2, 0) is 4.79 Å². The molecule has 72 valence electrons. The number of aliphatic carboxylic acids is 1. The second-order valence-electron chi connectivity index (χ2n) is 3.13. The highest BCUT2D eigenvalue weighted by Crippen LogP contribution is 2.10. The van der Waals surface area contributed by atoms with Crippen molar-refractivity contribution < 1.29 is 15.0 Å². The summed E-state index contributed by atoms with van der Waals surface area (Å²) >= 11 is 0. The van der Waals surface area contributed by atoms with Gasteiger partial charge in [0.2, 0.25) is 0 Å². The average molecular weight is 175 g/mol. The molecule has 12 heavy (non-hydrogen) atoms. The highest BCUT2D eigenvalue weighted by atomic mass is 16.4. The van der Waals surface area contributed by atoms with E-state index in [1.54, 1.807) is 0 Å². The van der Waals surface area contributed by atoms with Crippen molar-refractivity contribution in [2.45, 2.75) is 38.8 Å². The first-order valence-corrected chi connectivity index (χ1v) is 4.14. The molecule has 0 rings (SSSR count). The summed E-state index contributed by atoms with van der Waals surface area (Å²) in [5.41, 5.74) is 5.61. The standard InChI is InChI=1S/C8H17NO3/c1-3-5(2)8(9)6(10)4-7(11)12/h5-6,8,10H,3-4,9H2,1-2H3,(H,11,12)/t5-,6-,8-/m1/s1. The molecule has 0 fully saturated rings. The van der Waals surface area contributed by atoms with Crippen molar-refractivity contribution in [2.75, 3.05) is 0 Å². The van der Waals surface area contributed by atoms with E-state index in [0.29, 0.717) is 0 Å². The molecule has 0 unspecified atom stereocenters. The molecular weight excluding hydrogens is 158 g/mol. The maximum atomic E-state index is 10.2. The van der Waals surface area contributed by atoms with Crippen LogP contribution in [0.15, 0.2) is 0 Å². The first-order chi connectivity index (χ1) is 5.49. The normalized spacial score (nSPS) is 18.3. The lowest BCUT2D eigenvalue weighted by Crippen LogP contribution is -2.41. The number of rotatable bonds is 5. The molecular formula is C8H17NO3. The van der Waals surface area contributed by atoms with E-state index in [9.17, 15) is 9.90 Å². The zero-order valence-electron chi connectivity index (χ0n) is 7.53. The number of hydrogen-bond acceptors (Lipinski definition) is 3. The van der Waals surface area contributed by atoms with Gasteiger partial charge in [0, 0.05) is 6.04 Å². The SMILES string of the molecule is CC[C@@H](C)[C@@H](N)[C@H](O)CC(=O)O.